The van der Waals surface area contributed by atoms with Crippen molar-refractivity contribution in [2.75, 3.05) is 9.80 Å². The summed E-state index contributed by atoms with van der Waals surface area (Å²) in [4.78, 5) is 18.4. The molecule has 27 rings (SSSR count). The minimum absolute atomic E-state index is 0.125. The van der Waals surface area contributed by atoms with Crippen LogP contribution in [0.5, 0.6) is 0 Å². The van der Waals surface area contributed by atoms with E-state index in [1.807, 2.05) is 0 Å². The predicted octanol–water partition coefficient (Wildman–Crippen LogP) is 20.8. The number of thioether (sulfide) groups is 2. The summed E-state index contributed by atoms with van der Waals surface area (Å²) in [5.74, 6) is 9.43. The van der Waals surface area contributed by atoms with E-state index >= 15 is 0 Å². The number of hydrogen-bond donors (Lipinski definition) is 0. The Hall–Kier alpha value is -3.65. The summed E-state index contributed by atoms with van der Waals surface area (Å²) in [5.41, 5.74) is 17.6. The summed E-state index contributed by atoms with van der Waals surface area (Å²) in [7, 11) is 0. The van der Waals surface area contributed by atoms with Gasteiger partial charge in [0.1, 0.15) is 0 Å². The van der Waals surface area contributed by atoms with E-state index in [9.17, 15) is 0 Å². The number of hydrogen-bond acceptors (Lipinski definition) is 10. The van der Waals surface area contributed by atoms with Crippen LogP contribution in [-0.2, 0) is 20.3 Å². The number of para-hydroxylation sites is 4. The Morgan fingerprint density at radius 2 is 0.681 bits per heavy atom. The van der Waals surface area contributed by atoms with Crippen LogP contribution < -0.4 is 26.2 Å². The average molecular weight is 1550 g/mol. The largest absolute Gasteiger partial charge is 0.372 e. The van der Waals surface area contributed by atoms with Crippen molar-refractivity contribution in [1.29, 1.82) is 0 Å². The fourth-order valence-electron chi connectivity index (χ4n) is 34.1. The zero-order valence-electron chi connectivity index (χ0n) is 69.9. The molecule has 0 N–H and O–H groups in total. The molecule has 28 atom stereocenters. The fraction of sp³-hybridized carbons (Fsp3) is 0.700. The maximum atomic E-state index is 7.24. The Morgan fingerprint density at radius 3 is 1.11 bits per heavy atom. The molecule has 12 aliphatic heterocycles. The Balaban J connectivity index is 0.0000000959. The molecule has 10 saturated carbocycles. The van der Waals surface area contributed by atoms with Gasteiger partial charge in [-0.05, 0) is 237 Å². The first kappa shape index (κ1) is 72.2. The second-order valence-electron chi connectivity index (χ2n) is 44.0. The van der Waals surface area contributed by atoms with Crippen LogP contribution >= 0.6 is 23.5 Å². The Labute approximate surface area is 689 Å². The number of benzene rings is 5. The van der Waals surface area contributed by atoms with Crippen LogP contribution in [0.3, 0.4) is 0 Å². The standard InChI is InChI=1S/C36H29BN2.C32H51BN2O2.C32H51BN2S2/c1-35(2)22-13-5-9-17-28(22)38-30-19-11-7-15-26(30)37-27-16-8-12-20-31(27)39-29-18-10-6-14-23(29)36(3,4)25-21-24(35)33(38)32(37)34(25)39;2*1-18-11-13-22-20(15-18)33-21-16-19(2)12-14-23(21)35-25-8-4-6-10-27(25)37-29-17-28-31(30(33)32(29)35)34(22)24-7-3-5-9-26(24)36-28/h5-21H,1-4H3;2*18-32H,3-17H2,1-2H3. The van der Waals surface area contributed by atoms with Crippen LogP contribution in [0.25, 0.3) is 0 Å². The maximum absolute atomic E-state index is 7.24. The van der Waals surface area contributed by atoms with Crippen molar-refractivity contribution in [2.45, 2.75) is 412 Å². The van der Waals surface area contributed by atoms with Gasteiger partial charge in [-0.25, -0.2) is 0 Å². The van der Waals surface area contributed by atoms with Gasteiger partial charge in [0.25, 0.3) is 6.71 Å². The third-order valence-electron chi connectivity index (χ3n) is 37.9. The molecule has 10 aliphatic carbocycles. The molecule has 594 valence electrons. The lowest BCUT2D eigenvalue weighted by molar-refractivity contribution is -0.258. The van der Waals surface area contributed by atoms with E-state index in [4.69, 9.17) is 9.47 Å². The highest BCUT2D eigenvalue weighted by molar-refractivity contribution is 8.01. The molecular formula is C100H131B3N6O2S2. The van der Waals surface area contributed by atoms with Crippen molar-refractivity contribution in [1.82, 2.24) is 19.6 Å². The lowest BCUT2D eigenvalue weighted by atomic mass is 9.18. The van der Waals surface area contributed by atoms with Crippen molar-refractivity contribution in [3.8, 4) is 0 Å². The molecule has 8 nitrogen and oxygen atoms in total. The van der Waals surface area contributed by atoms with E-state index < -0.39 is 0 Å². The molecule has 0 aromatic heterocycles. The van der Waals surface area contributed by atoms with Crippen LogP contribution in [0.15, 0.2) is 103 Å². The Kier molecular flexibility index (Phi) is 17.2. The number of ether oxygens (including phenoxy) is 2. The minimum atomic E-state index is -0.125. The van der Waals surface area contributed by atoms with E-state index in [0.717, 1.165) is 141 Å². The normalized spacial score (nSPS) is 44.6. The highest BCUT2D eigenvalue weighted by Crippen LogP contribution is 2.71. The molecule has 5 aromatic rings. The summed E-state index contributed by atoms with van der Waals surface area (Å²) >= 11 is 5.13. The number of morpholine rings is 2. The highest BCUT2D eigenvalue weighted by Gasteiger charge is 2.74. The van der Waals surface area contributed by atoms with Crippen LogP contribution in [0, 0.1) is 23.7 Å². The molecule has 0 spiro atoms. The van der Waals surface area contributed by atoms with Gasteiger partial charge in [-0.1, -0.05) is 205 Å². The molecule has 12 heterocycles. The summed E-state index contributed by atoms with van der Waals surface area (Å²) in [5, 5.41) is 3.81. The first-order chi connectivity index (χ1) is 55.2. The molecule has 113 heavy (non-hydrogen) atoms. The Bertz CT molecular complexity index is 4140. The predicted molar refractivity (Wildman–Crippen MR) is 474 cm³/mol. The molecule has 13 heteroatoms. The first-order valence-electron chi connectivity index (χ1n) is 48.2. The molecule has 0 amide bonds. The molecule has 28 unspecified atom stereocenters. The second kappa shape index (κ2) is 26.9. The van der Waals surface area contributed by atoms with E-state index in [0.29, 0.717) is 48.6 Å². The molecule has 5 aromatic carbocycles. The van der Waals surface area contributed by atoms with Gasteiger partial charge in [0.05, 0.1) is 35.8 Å². The van der Waals surface area contributed by atoms with Gasteiger partial charge >= 0.3 is 0 Å². The summed E-state index contributed by atoms with van der Waals surface area (Å²) in [6.07, 6.45) is 45.8. The lowest BCUT2D eigenvalue weighted by Crippen LogP contribution is -2.82. The van der Waals surface area contributed by atoms with Crippen LogP contribution in [0.4, 0.5) is 34.1 Å². The van der Waals surface area contributed by atoms with Crippen molar-refractivity contribution < 1.29 is 9.47 Å². The van der Waals surface area contributed by atoms with Gasteiger partial charge < -0.3 is 19.3 Å². The quantitative estimate of drug-likeness (QED) is 0.137. The highest BCUT2D eigenvalue weighted by atomic mass is 32.2. The Morgan fingerprint density at radius 1 is 0.327 bits per heavy atom. The van der Waals surface area contributed by atoms with E-state index in [-0.39, 0.29) is 17.5 Å². The summed E-state index contributed by atoms with van der Waals surface area (Å²) < 4.78 is 14.5. The molecule has 0 bridgehead atoms. The maximum Gasteiger partial charge on any atom is 0.252 e. The van der Waals surface area contributed by atoms with Crippen LogP contribution in [0.1, 0.15) is 270 Å². The van der Waals surface area contributed by atoms with E-state index in [2.05, 4.69) is 211 Å². The first-order valence-corrected chi connectivity index (χ1v) is 50.0. The molecular weight excluding hydrogens is 1410 g/mol. The van der Waals surface area contributed by atoms with Crippen molar-refractivity contribution in [2.24, 2.45) is 23.7 Å². The van der Waals surface area contributed by atoms with E-state index in [1.165, 1.54) is 246 Å². The smallest absolute Gasteiger partial charge is 0.252 e. The fourth-order valence-corrected chi connectivity index (χ4v) is 38.2. The molecule has 18 fully saturated rings. The third-order valence-corrected chi connectivity index (χ3v) is 41.3. The number of anilines is 6. The average Bonchev–Trinajstić information content (AvgIpc) is 0.675. The lowest BCUT2D eigenvalue weighted by Gasteiger charge is -2.74. The number of fused-ring (bicyclic) bond motifs is 30. The van der Waals surface area contributed by atoms with Crippen LogP contribution in [-0.4, -0.2) is 158 Å². The van der Waals surface area contributed by atoms with Gasteiger partial charge in [0.2, 0.25) is 0 Å². The van der Waals surface area contributed by atoms with Crippen LogP contribution in [0.2, 0.25) is 34.9 Å². The SMILES string of the molecule is CC1(C)c2ccccc2N2c3ccccc3B3c4ccccc4N4c5ccccc5C(C)(C)c5cc1c2c3c54.CC1CCC2C(C1)B1C3CC(C)CCC3N3C4CCCCC4OC4CC5OC6CCCCC6N2C5C1C43.CC1CCC2C(C1)B1C3CC(C)CCC3N3C4CCCCC4SC4CC5SC6CCCCC6N2C5C1C43. The van der Waals surface area contributed by atoms with Gasteiger partial charge in [0.15, 0.2) is 13.4 Å². The van der Waals surface area contributed by atoms with Gasteiger partial charge in [0, 0.05) is 134 Å². The third kappa shape index (κ3) is 10.3. The zero-order chi connectivity index (χ0) is 75.1. The zero-order valence-corrected chi connectivity index (χ0v) is 71.5. The minimum Gasteiger partial charge on any atom is -0.372 e. The monoisotopic (exact) mass is 1550 g/mol. The van der Waals surface area contributed by atoms with Gasteiger partial charge in [-0.15, -0.1) is 0 Å². The van der Waals surface area contributed by atoms with Crippen molar-refractivity contribution >= 4 is 94.2 Å². The van der Waals surface area contributed by atoms with Gasteiger partial charge in [-0.3, -0.25) is 19.6 Å². The topological polar surface area (TPSA) is 37.9 Å². The molecule has 0 radical (unpaired) electrons. The molecule has 22 aliphatic rings. The molecule has 8 saturated heterocycles. The number of nitrogens with zero attached hydrogens (tertiary/aromatic N) is 6. The van der Waals surface area contributed by atoms with Crippen molar-refractivity contribution in [3.63, 3.8) is 0 Å². The number of rotatable bonds is 0. The van der Waals surface area contributed by atoms with E-state index in [1.54, 1.807) is 19.3 Å². The van der Waals surface area contributed by atoms with Gasteiger partial charge in [-0.2, -0.15) is 23.5 Å². The van der Waals surface area contributed by atoms with Crippen molar-refractivity contribution in [3.05, 3.63) is 125 Å². The second-order valence-corrected chi connectivity index (χ2v) is 46.9. The summed E-state index contributed by atoms with van der Waals surface area (Å²) in [6, 6.07) is 48.9. The summed E-state index contributed by atoms with van der Waals surface area (Å²) in [6.45, 7) is 22.3.